The zero-order valence-corrected chi connectivity index (χ0v) is 27.3. The summed E-state index contributed by atoms with van der Waals surface area (Å²) in [5.74, 6) is -0.517. The van der Waals surface area contributed by atoms with E-state index in [0.717, 1.165) is 75.5 Å². The Kier molecular flexibility index (Phi) is 16.6. The van der Waals surface area contributed by atoms with Gasteiger partial charge in [-0.05, 0) is 63.1 Å². The molecule has 8 nitrogen and oxygen atoms in total. The molecular weight excluding hydrogens is 548 g/mol. The second kappa shape index (κ2) is 19.6. The molecule has 0 fully saturated rings. The van der Waals surface area contributed by atoms with Crippen molar-refractivity contribution in [2.45, 2.75) is 147 Å². The van der Waals surface area contributed by atoms with E-state index < -0.39 is 10.7 Å². The minimum atomic E-state index is -0.835. The molecule has 1 atom stereocenters. The molecule has 236 valence electrons. The molecule has 1 unspecified atom stereocenters. The Hall–Kier alpha value is -2.55. The Morgan fingerprint density at radius 3 is 2.21 bits per heavy atom. The Morgan fingerprint density at radius 2 is 1.57 bits per heavy atom. The molecule has 2 aromatic rings. The summed E-state index contributed by atoms with van der Waals surface area (Å²) in [6.45, 7) is 9.72. The quantitative estimate of drug-likeness (QED) is 0.100. The topological polar surface area (TPSA) is 106 Å². The van der Waals surface area contributed by atoms with Crippen LogP contribution in [0.15, 0.2) is 38.8 Å². The van der Waals surface area contributed by atoms with E-state index >= 15 is 0 Å². The predicted molar refractivity (Wildman–Crippen MR) is 175 cm³/mol. The van der Waals surface area contributed by atoms with Gasteiger partial charge in [0, 0.05) is 24.5 Å². The second-order valence-corrected chi connectivity index (χ2v) is 13.1. The van der Waals surface area contributed by atoms with E-state index in [-0.39, 0.29) is 17.1 Å². The van der Waals surface area contributed by atoms with Crippen molar-refractivity contribution in [3.8, 4) is 0 Å². The van der Waals surface area contributed by atoms with Crippen molar-refractivity contribution in [1.82, 2.24) is 14.3 Å². The summed E-state index contributed by atoms with van der Waals surface area (Å²) in [5.41, 5.74) is 0.549. The first kappa shape index (κ1) is 35.6. The van der Waals surface area contributed by atoms with Gasteiger partial charge in [0.15, 0.2) is 0 Å². The zero-order chi connectivity index (χ0) is 30.8. The van der Waals surface area contributed by atoms with Crippen molar-refractivity contribution in [3.05, 3.63) is 50.7 Å². The van der Waals surface area contributed by atoms with Gasteiger partial charge >= 0.3 is 11.7 Å². The molecule has 0 saturated heterocycles. The summed E-state index contributed by atoms with van der Waals surface area (Å²) >= 11 is 1.42. The minimum absolute atomic E-state index is 0.263. The van der Waals surface area contributed by atoms with Crippen molar-refractivity contribution in [2.24, 2.45) is 0 Å². The fourth-order valence-electron chi connectivity index (χ4n) is 5.12. The van der Waals surface area contributed by atoms with Crippen LogP contribution < -0.4 is 16.6 Å². The molecular formula is C33H54N4O4S. The predicted octanol–water partition coefficient (Wildman–Crippen LogP) is 7.52. The van der Waals surface area contributed by atoms with E-state index in [4.69, 9.17) is 0 Å². The molecule has 0 spiro atoms. The molecule has 0 amide bonds. The minimum Gasteiger partial charge on any atom is -0.480 e. The van der Waals surface area contributed by atoms with Gasteiger partial charge in [0.25, 0.3) is 5.56 Å². The molecule has 0 aliphatic rings. The number of aliphatic carboxylic acids is 1. The van der Waals surface area contributed by atoms with E-state index in [9.17, 15) is 19.5 Å². The number of hydrogen-bond acceptors (Lipinski definition) is 6. The number of carboxylic acid groups (broad SMARTS) is 1. The first-order valence-electron chi connectivity index (χ1n) is 16.2. The lowest BCUT2D eigenvalue weighted by Crippen LogP contribution is -2.43. The SMILES string of the molecule is CCCCCCCn1nc(NCCCCc2cccc(SC(C)(CCC)C(=O)O)c2)c(=O)n(CCCCCCC)c1=O. The largest absolute Gasteiger partial charge is 0.480 e. The van der Waals surface area contributed by atoms with Crippen LogP contribution in [0.4, 0.5) is 5.82 Å². The lowest BCUT2D eigenvalue weighted by Gasteiger charge is -2.23. The van der Waals surface area contributed by atoms with Gasteiger partial charge in [0.05, 0.1) is 0 Å². The Morgan fingerprint density at radius 1 is 0.905 bits per heavy atom. The van der Waals surface area contributed by atoms with Gasteiger partial charge < -0.3 is 10.4 Å². The van der Waals surface area contributed by atoms with E-state index in [1.54, 1.807) is 6.92 Å². The molecule has 1 aromatic carbocycles. The van der Waals surface area contributed by atoms with Crippen LogP contribution in [-0.2, 0) is 24.3 Å². The standard InChI is InChI=1S/C33H54N4O4S/c1-5-8-10-12-16-24-36-30(38)29(35-37(32(36)41)25-17-13-11-9-6-2)34-23-15-14-19-27-20-18-21-28(26-27)42-33(4,22-7-3)31(39)40/h18,20-21,26H,5-17,19,22-25H2,1-4H3,(H,34,35)(H,39,40). The number of rotatable bonds is 23. The fourth-order valence-corrected chi connectivity index (χ4v) is 6.39. The Balaban J connectivity index is 2.00. The van der Waals surface area contributed by atoms with Gasteiger partial charge in [-0.2, -0.15) is 0 Å². The van der Waals surface area contributed by atoms with E-state index in [2.05, 4.69) is 36.4 Å². The van der Waals surface area contributed by atoms with Crippen molar-refractivity contribution in [3.63, 3.8) is 0 Å². The van der Waals surface area contributed by atoms with Gasteiger partial charge in [-0.1, -0.05) is 90.7 Å². The summed E-state index contributed by atoms with van der Waals surface area (Å²) in [6.07, 6.45) is 14.7. The van der Waals surface area contributed by atoms with Crippen molar-refractivity contribution in [1.29, 1.82) is 0 Å². The highest BCUT2D eigenvalue weighted by Crippen LogP contribution is 2.37. The summed E-state index contributed by atoms with van der Waals surface area (Å²) in [4.78, 5) is 39.1. The van der Waals surface area contributed by atoms with E-state index in [1.807, 2.05) is 19.1 Å². The number of hydrogen-bond donors (Lipinski definition) is 2. The highest BCUT2D eigenvalue weighted by Gasteiger charge is 2.33. The molecule has 9 heteroatoms. The maximum absolute atomic E-state index is 13.2. The molecule has 42 heavy (non-hydrogen) atoms. The lowest BCUT2D eigenvalue weighted by molar-refractivity contribution is -0.139. The van der Waals surface area contributed by atoms with Gasteiger partial charge in [-0.15, -0.1) is 16.9 Å². The Labute approximate surface area is 256 Å². The fraction of sp³-hybridized carbons (Fsp3) is 0.697. The highest BCUT2D eigenvalue weighted by molar-refractivity contribution is 8.01. The number of nitrogens with one attached hydrogen (secondary N) is 1. The van der Waals surface area contributed by atoms with E-state index in [1.165, 1.54) is 45.8 Å². The molecule has 2 rings (SSSR count). The number of thioether (sulfide) groups is 1. The first-order chi connectivity index (χ1) is 20.3. The number of carbonyl (C=O) groups is 1. The second-order valence-electron chi connectivity index (χ2n) is 11.6. The summed E-state index contributed by atoms with van der Waals surface area (Å²) in [6, 6.07) is 8.13. The van der Waals surface area contributed by atoms with Crippen LogP contribution in [0, 0.1) is 0 Å². The summed E-state index contributed by atoms with van der Waals surface area (Å²) in [7, 11) is 0. The highest BCUT2D eigenvalue weighted by atomic mass is 32.2. The average Bonchev–Trinajstić information content (AvgIpc) is 2.96. The normalized spacial score (nSPS) is 12.8. The van der Waals surface area contributed by atoms with Crippen LogP contribution in [0.25, 0.3) is 0 Å². The monoisotopic (exact) mass is 602 g/mol. The average molecular weight is 603 g/mol. The number of aromatic nitrogens is 3. The maximum atomic E-state index is 13.2. The summed E-state index contributed by atoms with van der Waals surface area (Å²) in [5, 5.41) is 17.4. The molecule has 2 N–H and O–H groups in total. The third kappa shape index (κ3) is 12.0. The van der Waals surface area contributed by atoms with Gasteiger partial charge in [-0.25, -0.2) is 9.48 Å². The number of nitrogens with zero attached hydrogens (tertiary/aromatic N) is 3. The zero-order valence-electron chi connectivity index (χ0n) is 26.5. The van der Waals surface area contributed by atoms with Gasteiger partial charge in [-0.3, -0.25) is 14.2 Å². The number of anilines is 1. The Bertz CT molecular complexity index is 1200. The number of unbranched alkanes of at least 4 members (excludes halogenated alkanes) is 9. The van der Waals surface area contributed by atoms with Gasteiger partial charge in [0.2, 0.25) is 5.82 Å². The van der Waals surface area contributed by atoms with Crippen LogP contribution >= 0.6 is 11.8 Å². The smallest absolute Gasteiger partial charge is 0.347 e. The molecule has 0 aliphatic heterocycles. The van der Waals surface area contributed by atoms with Gasteiger partial charge in [0.1, 0.15) is 4.75 Å². The van der Waals surface area contributed by atoms with Crippen molar-refractivity contribution < 1.29 is 9.90 Å². The van der Waals surface area contributed by atoms with Crippen LogP contribution in [0.1, 0.15) is 123 Å². The number of carboxylic acids is 1. The molecule has 1 heterocycles. The van der Waals surface area contributed by atoms with Crippen molar-refractivity contribution >= 4 is 23.5 Å². The first-order valence-corrected chi connectivity index (χ1v) is 17.0. The van der Waals surface area contributed by atoms with Crippen LogP contribution in [0.2, 0.25) is 0 Å². The molecule has 0 saturated carbocycles. The van der Waals surface area contributed by atoms with E-state index in [0.29, 0.717) is 26.1 Å². The molecule has 1 aromatic heterocycles. The molecule has 0 radical (unpaired) electrons. The van der Waals surface area contributed by atoms with Crippen LogP contribution in [0.3, 0.4) is 0 Å². The molecule has 0 bridgehead atoms. The number of benzene rings is 1. The maximum Gasteiger partial charge on any atom is 0.347 e. The molecule has 0 aliphatic carbocycles. The van der Waals surface area contributed by atoms with Crippen LogP contribution in [-0.4, -0.2) is 36.7 Å². The summed E-state index contributed by atoms with van der Waals surface area (Å²) < 4.78 is 2.02. The number of aryl methyl sites for hydroxylation is 2. The van der Waals surface area contributed by atoms with Crippen LogP contribution in [0.5, 0.6) is 0 Å². The lowest BCUT2D eigenvalue weighted by atomic mass is 10.1. The van der Waals surface area contributed by atoms with Crippen molar-refractivity contribution in [2.75, 3.05) is 11.9 Å². The third-order valence-electron chi connectivity index (χ3n) is 7.68. The third-order valence-corrected chi connectivity index (χ3v) is 9.00.